The number of rotatable bonds is 3. The van der Waals surface area contributed by atoms with Crippen LogP contribution in [0.1, 0.15) is 30.0 Å². The molecule has 130 valence electrons. The van der Waals surface area contributed by atoms with E-state index in [9.17, 15) is 13.2 Å². The van der Waals surface area contributed by atoms with Crippen LogP contribution in [0.5, 0.6) is 11.6 Å². The average Bonchev–Trinajstić information content (AvgIpc) is 2.56. The molecule has 1 N–H and O–H groups in total. The van der Waals surface area contributed by atoms with Crippen LogP contribution in [-0.2, 0) is 6.18 Å². The molecule has 3 rings (SSSR count). The quantitative estimate of drug-likeness (QED) is 0.893. The van der Waals surface area contributed by atoms with Crippen molar-refractivity contribution in [2.24, 2.45) is 0 Å². The summed E-state index contributed by atoms with van der Waals surface area (Å²) >= 11 is 0. The molecule has 0 unspecified atom stereocenters. The summed E-state index contributed by atoms with van der Waals surface area (Å²) in [5.41, 5.74) is 0.212. The molecule has 4 nitrogen and oxygen atoms in total. The molecular formula is C16H17ClF3N3O. The topological polar surface area (TPSA) is 47.0 Å². The lowest BCUT2D eigenvalue weighted by molar-refractivity contribution is -0.141. The molecule has 1 aliphatic rings. The number of nitrogens with one attached hydrogen (secondary N) is 1. The Labute approximate surface area is 143 Å². The molecule has 1 saturated heterocycles. The van der Waals surface area contributed by atoms with Crippen molar-refractivity contribution in [3.05, 3.63) is 47.7 Å². The summed E-state index contributed by atoms with van der Waals surface area (Å²) in [6, 6.07) is 9.60. The second-order valence-electron chi connectivity index (χ2n) is 5.45. The summed E-state index contributed by atoms with van der Waals surface area (Å²) < 4.78 is 42.7. The Bertz CT molecular complexity index is 641. The first-order chi connectivity index (χ1) is 11.0. The number of hydrogen-bond acceptors (Lipinski definition) is 4. The van der Waals surface area contributed by atoms with Crippen molar-refractivity contribution in [2.45, 2.75) is 24.9 Å². The van der Waals surface area contributed by atoms with Crippen molar-refractivity contribution < 1.29 is 17.9 Å². The van der Waals surface area contributed by atoms with Gasteiger partial charge in [0.1, 0.15) is 5.75 Å². The summed E-state index contributed by atoms with van der Waals surface area (Å²) in [5, 5.41) is 9.91. The zero-order chi connectivity index (χ0) is 16.3. The second kappa shape index (κ2) is 7.81. The van der Waals surface area contributed by atoms with Crippen molar-refractivity contribution in [1.29, 1.82) is 0 Å². The van der Waals surface area contributed by atoms with E-state index in [1.807, 2.05) is 12.1 Å². The number of nitrogens with zero attached hydrogens (tertiary/aromatic N) is 2. The van der Waals surface area contributed by atoms with E-state index in [4.69, 9.17) is 4.74 Å². The molecule has 0 amide bonds. The highest BCUT2D eigenvalue weighted by Gasteiger charge is 2.33. The van der Waals surface area contributed by atoms with Crippen LogP contribution in [0, 0.1) is 0 Å². The zero-order valence-electron chi connectivity index (χ0n) is 12.7. The lowest BCUT2D eigenvalue weighted by atomic mass is 9.90. The SMILES string of the molecule is Cl.FC(F)(F)c1ccc(Oc2ccc(C3CCNCC3)cc2)nn1. The normalized spacial score (nSPS) is 15.6. The van der Waals surface area contributed by atoms with Crippen molar-refractivity contribution in [1.82, 2.24) is 15.5 Å². The fourth-order valence-electron chi connectivity index (χ4n) is 2.61. The molecule has 0 saturated carbocycles. The average molecular weight is 360 g/mol. The van der Waals surface area contributed by atoms with Gasteiger partial charge in [-0.05, 0) is 55.6 Å². The summed E-state index contributed by atoms with van der Waals surface area (Å²) in [5.74, 6) is 1.10. The second-order valence-corrected chi connectivity index (χ2v) is 5.45. The van der Waals surface area contributed by atoms with E-state index in [1.165, 1.54) is 5.56 Å². The predicted molar refractivity (Wildman–Crippen MR) is 85.6 cm³/mol. The maximum atomic E-state index is 12.4. The molecule has 0 bridgehead atoms. The van der Waals surface area contributed by atoms with Crippen molar-refractivity contribution in [3.8, 4) is 11.6 Å². The fraction of sp³-hybridized carbons (Fsp3) is 0.375. The van der Waals surface area contributed by atoms with Gasteiger partial charge in [-0.15, -0.1) is 22.6 Å². The monoisotopic (exact) mass is 359 g/mol. The predicted octanol–water partition coefficient (Wildman–Crippen LogP) is 4.18. The number of aromatic nitrogens is 2. The smallest absolute Gasteiger partial charge is 0.435 e. The van der Waals surface area contributed by atoms with Crippen LogP contribution in [0.3, 0.4) is 0 Å². The van der Waals surface area contributed by atoms with Gasteiger partial charge in [0, 0.05) is 6.07 Å². The molecule has 0 atom stereocenters. The Balaban J connectivity index is 0.00000208. The van der Waals surface area contributed by atoms with Gasteiger partial charge in [-0.3, -0.25) is 0 Å². The van der Waals surface area contributed by atoms with Gasteiger partial charge < -0.3 is 10.1 Å². The Hall–Kier alpha value is -1.86. The third-order valence-electron chi connectivity index (χ3n) is 3.84. The first kappa shape index (κ1) is 18.5. The van der Waals surface area contributed by atoms with Gasteiger partial charge in [-0.25, -0.2) is 0 Å². The van der Waals surface area contributed by atoms with Gasteiger partial charge in [-0.2, -0.15) is 13.2 Å². The van der Waals surface area contributed by atoms with Gasteiger partial charge in [0.05, 0.1) is 0 Å². The summed E-state index contributed by atoms with van der Waals surface area (Å²) in [6.45, 7) is 2.04. The Morgan fingerprint density at radius 1 is 0.958 bits per heavy atom. The van der Waals surface area contributed by atoms with E-state index in [-0.39, 0.29) is 18.3 Å². The molecule has 1 aliphatic heterocycles. The third-order valence-corrected chi connectivity index (χ3v) is 3.84. The maximum Gasteiger partial charge on any atom is 0.435 e. The molecular weight excluding hydrogens is 343 g/mol. The summed E-state index contributed by atoms with van der Waals surface area (Å²) in [4.78, 5) is 0. The first-order valence-electron chi connectivity index (χ1n) is 7.42. The van der Waals surface area contributed by atoms with E-state index in [2.05, 4.69) is 15.5 Å². The van der Waals surface area contributed by atoms with E-state index < -0.39 is 11.9 Å². The molecule has 24 heavy (non-hydrogen) atoms. The lowest BCUT2D eigenvalue weighted by Crippen LogP contribution is -2.26. The number of alkyl halides is 3. The van der Waals surface area contributed by atoms with Crippen molar-refractivity contribution in [3.63, 3.8) is 0 Å². The number of piperidine rings is 1. The van der Waals surface area contributed by atoms with Crippen LogP contribution in [0.4, 0.5) is 13.2 Å². The molecule has 2 aromatic rings. The minimum atomic E-state index is -4.50. The summed E-state index contributed by atoms with van der Waals surface area (Å²) in [6.07, 6.45) is -2.29. The molecule has 0 spiro atoms. The zero-order valence-corrected chi connectivity index (χ0v) is 13.5. The van der Waals surface area contributed by atoms with E-state index in [0.717, 1.165) is 38.1 Å². The fourth-order valence-corrected chi connectivity index (χ4v) is 2.61. The van der Waals surface area contributed by atoms with Crippen LogP contribution >= 0.6 is 12.4 Å². The Morgan fingerprint density at radius 3 is 2.17 bits per heavy atom. The molecule has 0 radical (unpaired) electrons. The highest BCUT2D eigenvalue weighted by Crippen LogP contribution is 2.30. The molecule has 8 heteroatoms. The van der Waals surface area contributed by atoms with Crippen LogP contribution in [0.15, 0.2) is 36.4 Å². The van der Waals surface area contributed by atoms with E-state index in [1.54, 1.807) is 12.1 Å². The summed E-state index contributed by atoms with van der Waals surface area (Å²) in [7, 11) is 0. The molecule has 1 fully saturated rings. The van der Waals surface area contributed by atoms with Gasteiger partial charge >= 0.3 is 6.18 Å². The highest BCUT2D eigenvalue weighted by molar-refractivity contribution is 5.85. The lowest BCUT2D eigenvalue weighted by Gasteiger charge is -2.23. The van der Waals surface area contributed by atoms with E-state index in [0.29, 0.717) is 11.7 Å². The van der Waals surface area contributed by atoms with Crippen LogP contribution < -0.4 is 10.1 Å². The van der Waals surface area contributed by atoms with Gasteiger partial charge in [-0.1, -0.05) is 12.1 Å². The van der Waals surface area contributed by atoms with Crippen molar-refractivity contribution >= 4 is 12.4 Å². The van der Waals surface area contributed by atoms with E-state index >= 15 is 0 Å². The van der Waals surface area contributed by atoms with Crippen LogP contribution in [-0.4, -0.2) is 23.3 Å². The molecule has 2 heterocycles. The van der Waals surface area contributed by atoms with Crippen molar-refractivity contribution in [2.75, 3.05) is 13.1 Å². The third kappa shape index (κ3) is 4.58. The minimum absolute atomic E-state index is 0. The van der Waals surface area contributed by atoms with Gasteiger partial charge in [0.2, 0.25) is 5.88 Å². The van der Waals surface area contributed by atoms with Gasteiger partial charge in [0.15, 0.2) is 5.69 Å². The number of hydrogen-bond donors (Lipinski definition) is 1. The largest absolute Gasteiger partial charge is 0.438 e. The van der Waals surface area contributed by atoms with Crippen LogP contribution in [0.2, 0.25) is 0 Å². The highest BCUT2D eigenvalue weighted by atomic mass is 35.5. The Morgan fingerprint density at radius 2 is 1.62 bits per heavy atom. The number of halogens is 4. The van der Waals surface area contributed by atoms with Crippen LogP contribution in [0.25, 0.3) is 0 Å². The minimum Gasteiger partial charge on any atom is -0.438 e. The molecule has 0 aliphatic carbocycles. The Kier molecular flexibility index (Phi) is 6.01. The maximum absolute atomic E-state index is 12.4. The van der Waals surface area contributed by atoms with Gasteiger partial charge in [0.25, 0.3) is 0 Å². The first-order valence-corrected chi connectivity index (χ1v) is 7.42. The number of ether oxygens (including phenoxy) is 1. The standard InChI is InChI=1S/C16H16F3N3O.ClH/c17-16(18,19)14-5-6-15(22-21-14)23-13-3-1-11(2-4-13)12-7-9-20-10-8-12;/h1-6,12,20H,7-10H2;1H. The molecule has 1 aromatic carbocycles. The number of benzene rings is 1. The molecule has 1 aromatic heterocycles.